The van der Waals surface area contributed by atoms with Gasteiger partial charge in [0.05, 0.1) is 0 Å². The fraction of sp³-hybridized carbons (Fsp3) is 0.769. The number of hydrogen-bond donors (Lipinski definition) is 2. The average Bonchev–Trinajstić information content (AvgIpc) is 2.76. The van der Waals surface area contributed by atoms with Crippen LogP contribution in [0, 0.1) is 0 Å². The van der Waals surface area contributed by atoms with Crippen molar-refractivity contribution in [2.45, 2.75) is 51.6 Å². The van der Waals surface area contributed by atoms with E-state index < -0.39 is 0 Å². The molecule has 0 aromatic carbocycles. The van der Waals surface area contributed by atoms with Gasteiger partial charge < -0.3 is 10.6 Å². The molecule has 2 heterocycles. The Morgan fingerprint density at radius 1 is 1.53 bits per heavy atom. The normalized spacial score (nSPS) is 25.2. The summed E-state index contributed by atoms with van der Waals surface area (Å²) in [6, 6.07) is 2.47. The summed E-state index contributed by atoms with van der Waals surface area (Å²) in [5.41, 5.74) is 0.222. The molecule has 1 aliphatic heterocycles. The first-order chi connectivity index (χ1) is 8.09. The second kappa shape index (κ2) is 5.08. The molecular weight excluding hydrogens is 212 g/mol. The van der Waals surface area contributed by atoms with Crippen molar-refractivity contribution < 1.29 is 0 Å². The quantitative estimate of drug-likeness (QED) is 0.843. The molecule has 96 valence electrons. The number of rotatable bonds is 4. The van der Waals surface area contributed by atoms with Crippen molar-refractivity contribution >= 4 is 5.82 Å². The first-order valence-electron chi connectivity index (χ1n) is 6.63. The first-order valence-corrected chi connectivity index (χ1v) is 6.63. The van der Waals surface area contributed by atoms with Crippen LogP contribution >= 0.6 is 0 Å². The number of hydrogen-bond acceptors (Lipinski definition) is 3. The molecule has 0 spiro atoms. The zero-order chi connectivity index (χ0) is 12.3. The summed E-state index contributed by atoms with van der Waals surface area (Å²) >= 11 is 0. The Kier molecular flexibility index (Phi) is 3.72. The minimum absolute atomic E-state index is 0.222. The smallest absolute Gasteiger partial charge is 0.148 e. The van der Waals surface area contributed by atoms with Gasteiger partial charge in [0.25, 0.3) is 0 Å². The number of anilines is 1. The largest absolute Gasteiger partial charge is 0.367 e. The van der Waals surface area contributed by atoms with Gasteiger partial charge in [0.2, 0.25) is 0 Å². The van der Waals surface area contributed by atoms with E-state index in [1.165, 1.54) is 19.3 Å². The maximum absolute atomic E-state index is 4.50. The zero-order valence-electron chi connectivity index (χ0n) is 11.2. The Balaban J connectivity index is 1.88. The minimum atomic E-state index is 0.222. The summed E-state index contributed by atoms with van der Waals surface area (Å²) in [7, 11) is 0. The van der Waals surface area contributed by atoms with Gasteiger partial charge in [-0.15, -0.1) is 0 Å². The Labute approximate surface area is 104 Å². The van der Waals surface area contributed by atoms with E-state index in [2.05, 4.69) is 36.5 Å². The molecule has 4 nitrogen and oxygen atoms in total. The molecule has 1 fully saturated rings. The molecule has 0 radical (unpaired) electrons. The van der Waals surface area contributed by atoms with Gasteiger partial charge in [-0.3, -0.25) is 4.68 Å². The van der Waals surface area contributed by atoms with Crippen molar-refractivity contribution in [3.8, 4) is 0 Å². The molecule has 0 saturated carbocycles. The predicted molar refractivity (Wildman–Crippen MR) is 71.4 cm³/mol. The van der Waals surface area contributed by atoms with Gasteiger partial charge in [0, 0.05) is 30.4 Å². The molecule has 1 saturated heterocycles. The van der Waals surface area contributed by atoms with Crippen LogP contribution in [0.3, 0.4) is 0 Å². The summed E-state index contributed by atoms with van der Waals surface area (Å²) in [5, 5.41) is 11.5. The highest BCUT2D eigenvalue weighted by Crippen LogP contribution is 2.19. The third kappa shape index (κ3) is 3.22. The van der Waals surface area contributed by atoms with Crippen LogP contribution in [0.1, 0.15) is 46.1 Å². The zero-order valence-corrected chi connectivity index (χ0v) is 11.2. The molecule has 1 aromatic heterocycles. The van der Waals surface area contributed by atoms with E-state index in [-0.39, 0.29) is 5.54 Å². The van der Waals surface area contributed by atoms with Crippen molar-refractivity contribution in [1.82, 2.24) is 15.1 Å². The number of aromatic nitrogens is 2. The molecule has 1 aliphatic rings. The predicted octanol–water partition coefficient (Wildman–Crippen LogP) is 2.41. The van der Waals surface area contributed by atoms with E-state index in [9.17, 15) is 0 Å². The van der Waals surface area contributed by atoms with Gasteiger partial charge in [0.15, 0.2) is 0 Å². The average molecular weight is 236 g/mol. The molecule has 1 unspecified atom stereocenters. The summed E-state index contributed by atoms with van der Waals surface area (Å²) in [6.07, 6.45) is 5.90. The van der Waals surface area contributed by atoms with Gasteiger partial charge in [-0.1, -0.05) is 6.42 Å². The monoisotopic (exact) mass is 236 g/mol. The van der Waals surface area contributed by atoms with Crippen LogP contribution in [-0.2, 0) is 0 Å². The molecule has 2 rings (SSSR count). The summed E-state index contributed by atoms with van der Waals surface area (Å²) in [5.74, 6) is 0.979. The van der Waals surface area contributed by atoms with Gasteiger partial charge in [-0.05, 0) is 40.2 Å². The standard InChI is InChI=1S/C13H24N4/c1-11(2)17-9-6-12(16-17)14-10-13(3)7-4-5-8-15-13/h6,9,11,15H,4-5,7-8,10H2,1-3H3,(H,14,16). The Morgan fingerprint density at radius 3 is 2.94 bits per heavy atom. The van der Waals surface area contributed by atoms with Crippen molar-refractivity contribution in [3.63, 3.8) is 0 Å². The SMILES string of the molecule is CC(C)n1ccc(NCC2(C)CCCCN2)n1. The molecule has 4 heteroatoms. The van der Waals surface area contributed by atoms with Gasteiger partial charge >= 0.3 is 0 Å². The third-order valence-electron chi connectivity index (χ3n) is 3.50. The molecule has 17 heavy (non-hydrogen) atoms. The van der Waals surface area contributed by atoms with Crippen LogP contribution in [0.5, 0.6) is 0 Å². The Bertz CT molecular complexity index is 350. The Morgan fingerprint density at radius 2 is 2.35 bits per heavy atom. The van der Waals surface area contributed by atoms with Crippen LogP contribution in [0.25, 0.3) is 0 Å². The van der Waals surface area contributed by atoms with Gasteiger partial charge in [-0.25, -0.2) is 0 Å². The second-order valence-electron chi connectivity index (χ2n) is 5.57. The van der Waals surface area contributed by atoms with E-state index >= 15 is 0 Å². The van der Waals surface area contributed by atoms with Crippen LogP contribution in [0.2, 0.25) is 0 Å². The fourth-order valence-electron chi connectivity index (χ4n) is 2.28. The summed E-state index contributed by atoms with van der Waals surface area (Å²) < 4.78 is 1.99. The Hall–Kier alpha value is -1.03. The van der Waals surface area contributed by atoms with Crippen molar-refractivity contribution in [2.24, 2.45) is 0 Å². The highest BCUT2D eigenvalue weighted by Gasteiger charge is 2.25. The molecule has 0 bridgehead atoms. The molecule has 1 aromatic rings. The van der Waals surface area contributed by atoms with Crippen molar-refractivity contribution in [3.05, 3.63) is 12.3 Å². The highest BCUT2D eigenvalue weighted by molar-refractivity contribution is 5.33. The second-order valence-corrected chi connectivity index (χ2v) is 5.57. The van der Waals surface area contributed by atoms with Crippen molar-refractivity contribution in [1.29, 1.82) is 0 Å². The minimum Gasteiger partial charge on any atom is -0.367 e. The number of nitrogens with one attached hydrogen (secondary N) is 2. The lowest BCUT2D eigenvalue weighted by atomic mass is 9.91. The van der Waals surface area contributed by atoms with Crippen LogP contribution in [0.15, 0.2) is 12.3 Å². The first kappa shape index (κ1) is 12.4. The van der Waals surface area contributed by atoms with E-state index in [4.69, 9.17) is 0 Å². The lowest BCUT2D eigenvalue weighted by Gasteiger charge is -2.35. The topological polar surface area (TPSA) is 41.9 Å². The maximum atomic E-state index is 4.50. The molecule has 2 N–H and O–H groups in total. The summed E-state index contributed by atoms with van der Waals surface area (Å²) in [4.78, 5) is 0. The van der Waals surface area contributed by atoms with Gasteiger partial charge in [0.1, 0.15) is 5.82 Å². The highest BCUT2D eigenvalue weighted by atomic mass is 15.3. The number of nitrogens with zero attached hydrogens (tertiary/aromatic N) is 2. The maximum Gasteiger partial charge on any atom is 0.148 e. The van der Waals surface area contributed by atoms with E-state index in [0.29, 0.717) is 6.04 Å². The van der Waals surface area contributed by atoms with Crippen LogP contribution < -0.4 is 10.6 Å². The van der Waals surface area contributed by atoms with Crippen molar-refractivity contribution in [2.75, 3.05) is 18.4 Å². The van der Waals surface area contributed by atoms with Gasteiger partial charge in [-0.2, -0.15) is 5.10 Å². The molecule has 1 atom stereocenters. The lowest BCUT2D eigenvalue weighted by Crippen LogP contribution is -2.50. The molecule has 0 amide bonds. The van der Waals surface area contributed by atoms with E-state index in [0.717, 1.165) is 18.9 Å². The van der Waals surface area contributed by atoms with Crippen LogP contribution in [-0.4, -0.2) is 28.4 Å². The van der Waals surface area contributed by atoms with E-state index in [1.807, 2.05) is 16.9 Å². The van der Waals surface area contributed by atoms with E-state index in [1.54, 1.807) is 0 Å². The summed E-state index contributed by atoms with van der Waals surface area (Å²) in [6.45, 7) is 8.65. The molecular formula is C13H24N4. The lowest BCUT2D eigenvalue weighted by molar-refractivity contribution is 0.293. The van der Waals surface area contributed by atoms with Crippen LogP contribution in [0.4, 0.5) is 5.82 Å². The molecule has 0 aliphatic carbocycles. The number of piperidine rings is 1. The third-order valence-corrected chi connectivity index (χ3v) is 3.50. The fourth-order valence-corrected chi connectivity index (χ4v) is 2.28.